The van der Waals surface area contributed by atoms with Crippen molar-refractivity contribution in [3.8, 4) is 0 Å². The molecule has 110 valence electrons. The molecule has 2 aromatic rings. The molecule has 2 aliphatic rings. The minimum absolute atomic E-state index is 0.771. The lowest BCUT2D eigenvalue weighted by molar-refractivity contribution is 0.162. The molecule has 2 heterocycles. The lowest BCUT2D eigenvalue weighted by atomic mass is 10.0. The van der Waals surface area contributed by atoms with Gasteiger partial charge in [0.15, 0.2) is 0 Å². The summed E-state index contributed by atoms with van der Waals surface area (Å²) in [6, 6.07) is 16.4. The van der Waals surface area contributed by atoms with Gasteiger partial charge in [-0.25, -0.2) is 0 Å². The summed E-state index contributed by atoms with van der Waals surface area (Å²) in [5.74, 6) is 0. The average Bonchev–Trinajstić information content (AvgIpc) is 2.76. The fraction of sp³-hybridized carbons (Fsp3) is 0.474. The first-order chi connectivity index (χ1) is 10.4. The van der Waals surface area contributed by atoms with Gasteiger partial charge in [0, 0.05) is 31.4 Å². The molecule has 0 aromatic heterocycles. The van der Waals surface area contributed by atoms with Crippen molar-refractivity contribution in [3.05, 3.63) is 42.5 Å². The standard InChI is InChI=1S/C19H24N2/c1-2-7-17-14-18(10-9-16(17)6-1)21-13-5-12-20-11-4-3-8-19(20)15-21/h1-2,6-7,9-10,14,19H,3-5,8,11-13,15H2. The molecule has 2 aromatic carbocycles. The predicted molar refractivity (Wildman–Crippen MR) is 90.0 cm³/mol. The highest BCUT2D eigenvalue weighted by Gasteiger charge is 2.27. The van der Waals surface area contributed by atoms with Gasteiger partial charge in [-0.3, -0.25) is 4.90 Å². The van der Waals surface area contributed by atoms with Crippen molar-refractivity contribution in [2.24, 2.45) is 0 Å². The van der Waals surface area contributed by atoms with Crippen molar-refractivity contribution in [1.82, 2.24) is 4.90 Å². The van der Waals surface area contributed by atoms with Crippen molar-refractivity contribution in [2.45, 2.75) is 31.7 Å². The van der Waals surface area contributed by atoms with Gasteiger partial charge < -0.3 is 4.90 Å². The van der Waals surface area contributed by atoms with Crippen LogP contribution in [0.1, 0.15) is 25.7 Å². The normalized spacial score (nSPS) is 23.8. The van der Waals surface area contributed by atoms with Gasteiger partial charge in [-0.2, -0.15) is 0 Å². The van der Waals surface area contributed by atoms with Gasteiger partial charge in [-0.15, -0.1) is 0 Å². The first-order valence-electron chi connectivity index (χ1n) is 8.38. The molecule has 0 bridgehead atoms. The molecular weight excluding hydrogens is 256 g/mol. The second kappa shape index (κ2) is 5.69. The summed E-state index contributed by atoms with van der Waals surface area (Å²) >= 11 is 0. The minimum Gasteiger partial charge on any atom is -0.370 e. The molecule has 2 aliphatic heterocycles. The number of benzene rings is 2. The van der Waals surface area contributed by atoms with Gasteiger partial charge in [-0.1, -0.05) is 36.8 Å². The van der Waals surface area contributed by atoms with Crippen LogP contribution in [0.25, 0.3) is 10.8 Å². The van der Waals surface area contributed by atoms with Crippen LogP contribution in [-0.4, -0.2) is 37.1 Å². The van der Waals surface area contributed by atoms with E-state index in [0.717, 1.165) is 6.04 Å². The van der Waals surface area contributed by atoms with E-state index in [9.17, 15) is 0 Å². The smallest absolute Gasteiger partial charge is 0.0373 e. The Bertz CT molecular complexity index is 622. The Labute approximate surface area is 127 Å². The Morgan fingerprint density at radius 3 is 2.62 bits per heavy atom. The summed E-state index contributed by atoms with van der Waals surface area (Å²) in [7, 11) is 0. The van der Waals surface area contributed by atoms with Crippen LogP contribution in [-0.2, 0) is 0 Å². The molecule has 2 nitrogen and oxygen atoms in total. The van der Waals surface area contributed by atoms with E-state index in [1.54, 1.807) is 0 Å². The Kier molecular flexibility index (Phi) is 3.56. The first-order valence-corrected chi connectivity index (χ1v) is 8.38. The molecule has 1 unspecified atom stereocenters. The SMILES string of the molecule is c1ccc2cc(N3CCCN4CCCCC4C3)ccc2c1. The Hall–Kier alpha value is -1.54. The number of nitrogens with zero attached hydrogens (tertiary/aromatic N) is 2. The molecular formula is C19H24N2. The van der Waals surface area contributed by atoms with Crippen molar-refractivity contribution in [1.29, 1.82) is 0 Å². The molecule has 2 fully saturated rings. The maximum Gasteiger partial charge on any atom is 0.0373 e. The molecule has 0 N–H and O–H groups in total. The molecule has 21 heavy (non-hydrogen) atoms. The van der Waals surface area contributed by atoms with E-state index in [1.165, 1.54) is 68.3 Å². The highest BCUT2D eigenvalue weighted by Crippen LogP contribution is 2.27. The molecule has 1 atom stereocenters. The van der Waals surface area contributed by atoms with E-state index in [-0.39, 0.29) is 0 Å². The van der Waals surface area contributed by atoms with Crippen LogP contribution in [0.15, 0.2) is 42.5 Å². The Morgan fingerprint density at radius 2 is 1.67 bits per heavy atom. The van der Waals surface area contributed by atoms with Crippen LogP contribution < -0.4 is 4.90 Å². The van der Waals surface area contributed by atoms with E-state index in [1.807, 2.05) is 0 Å². The summed E-state index contributed by atoms with van der Waals surface area (Å²) in [5.41, 5.74) is 1.40. The highest BCUT2D eigenvalue weighted by atomic mass is 15.2. The van der Waals surface area contributed by atoms with Crippen molar-refractivity contribution >= 4 is 16.5 Å². The molecule has 4 rings (SSSR count). The van der Waals surface area contributed by atoms with Crippen molar-refractivity contribution in [2.75, 3.05) is 31.1 Å². The zero-order chi connectivity index (χ0) is 14.1. The molecule has 0 spiro atoms. The van der Waals surface area contributed by atoms with Gasteiger partial charge in [0.2, 0.25) is 0 Å². The maximum atomic E-state index is 2.73. The van der Waals surface area contributed by atoms with Gasteiger partial charge in [0.25, 0.3) is 0 Å². The monoisotopic (exact) mass is 280 g/mol. The summed E-state index contributed by atoms with van der Waals surface area (Å²) < 4.78 is 0. The largest absolute Gasteiger partial charge is 0.370 e. The van der Waals surface area contributed by atoms with Crippen LogP contribution in [0.5, 0.6) is 0 Å². The predicted octanol–water partition coefficient (Wildman–Crippen LogP) is 3.90. The number of hydrogen-bond acceptors (Lipinski definition) is 2. The summed E-state index contributed by atoms with van der Waals surface area (Å²) in [5, 5.41) is 2.70. The quantitative estimate of drug-likeness (QED) is 0.781. The van der Waals surface area contributed by atoms with Gasteiger partial charge >= 0.3 is 0 Å². The number of fused-ring (bicyclic) bond motifs is 2. The van der Waals surface area contributed by atoms with E-state index < -0.39 is 0 Å². The first kappa shape index (κ1) is 13.1. The van der Waals surface area contributed by atoms with Crippen molar-refractivity contribution < 1.29 is 0 Å². The lowest BCUT2D eigenvalue weighted by Gasteiger charge is -2.36. The van der Waals surface area contributed by atoms with Gasteiger partial charge in [-0.05, 0) is 48.7 Å². The average molecular weight is 280 g/mol. The van der Waals surface area contributed by atoms with Gasteiger partial charge in [0.05, 0.1) is 0 Å². The third-order valence-electron chi connectivity index (χ3n) is 5.15. The molecule has 0 radical (unpaired) electrons. The number of anilines is 1. The van der Waals surface area contributed by atoms with Crippen LogP contribution in [0.4, 0.5) is 5.69 Å². The molecule has 0 aliphatic carbocycles. The summed E-state index contributed by atoms with van der Waals surface area (Å²) in [6.45, 7) is 5.01. The van der Waals surface area contributed by atoms with E-state index >= 15 is 0 Å². The third kappa shape index (κ3) is 2.65. The van der Waals surface area contributed by atoms with E-state index in [4.69, 9.17) is 0 Å². The molecule has 2 saturated heterocycles. The van der Waals surface area contributed by atoms with Crippen LogP contribution in [0.2, 0.25) is 0 Å². The topological polar surface area (TPSA) is 6.48 Å². The zero-order valence-electron chi connectivity index (χ0n) is 12.7. The summed E-state index contributed by atoms with van der Waals surface area (Å²) in [4.78, 5) is 5.34. The molecule has 0 saturated carbocycles. The van der Waals surface area contributed by atoms with E-state index in [0.29, 0.717) is 0 Å². The Morgan fingerprint density at radius 1 is 0.810 bits per heavy atom. The van der Waals surface area contributed by atoms with E-state index in [2.05, 4.69) is 52.3 Å². The minimum atomic E-state index is 0.771. The maximum absolute atomic E-state index is 2.73. The van der Waals surface area contributed by atoms with Crippen LogP contribution in [0.3, 0.4) is 0 Å². The second-order valence-corrected chi connectivity index (χ2v) is 6.52. The lowest BCUT2D eigenvalue weighted by Crippen LogP contribution is -2.44. The highest BCUT2D eigenvalue weighted by molar-refractivity contribution is 5.85. The van der Waals surface area contributed by atoms with Crippen molar-refractivity contribution in [3.63, 3.8) is 0 Å². The van der Waals surface area contributed by atoms with Crippen LogP contribution in [0, 0.1) is 0 Å². The summed E-state index contributed by atoms with van der Waals surface area (Å²) in [6.07, 6.45) is 5.48. The zero-order valence-corrected chi connectivity index (χ0v) is 12.7. The van der Waals surface area contributed by atoms with Crippen LogP contribution >= 0.6 is 0 Å². The molecule has 0 amide bonds. The van der Waals surface area contributed by atoms with Gasteiger partial charge in [0.1, 0.15) is 0 Å². The number of hydrogen-bond donors (Lipinski definition) is 0. The number of piperidine rings is 1. The number of rotatable bonds is 1. The third-order valence-corrected chi connectivity index (χ3v) is 5.15. The second-order valence-electron chi connectivity index (χ2n) is 6.52. The fourth-order valence-electron chi connectivity index (χ4n) is 3.98. The molecule has 2 heteroatoms. The fourth-order valence-corrected chi connectivity index (χ4v) is 3.98. The Balaban J connectivity index is 1.61.